The van der Waals surface area contributed by atoms with Crippen molar-refractivity contribution in [2.45, 2.75) is 6.54 Å². The van der Waals surface area contributed by atoms with Crippen LogP contribution in [0.2, 0.25) is 0 Å². The van der Waals surface area contributed by atoms with Crippen LogP contribution in [0.15, 0.2) is 36.7 Å². The van der Waals surface area contributed by atoms with Crippen molar-refractivity contribution in [3.8, 4) is 5.88 Å². The lowest BCUT2D eigenvalue weighted by Gasteiger charge is -2.34. The normalized spacial score (nSPS) is 15.1. The minimum absolute atomic E-state index is 0.139. The first-order valence-electron chi connectivity index (χ1n) is 8.70. The number of hydrogen-bond donors (Lipinski definition) is 1. The summed E-state index contributed by atoms with van der Waals surface area (Å²) in [7, 11) is 1.54. The van der Waals surface area contributed by atoms with E-state index < -0.39 is 0 Å². The van der Waals surface area contributed by atoms with Crippen LogP contribution in [-0.4, -0.2) is 64.1 Å². The summed E-state index contributed by atoms with van der Waals surface area (Å²) < 4.78 is 5.19. The molecular formula is C18H20N6O2S. The first-order valence-corrected chi connectivity index (χ1v) is 9.52. The van der Waals surface area contributed by atoms with E-state index in [1.165, 1.54) is 30.3 Å². The number of urea groups is 1. The van der Waals surface area contributed by atoms with E-state index >= 15 is 0 Å². The van der Waals surface area contributed by atoms with Crippen LogP contribution in [0.3, 0.4) is 0 Å². The number of anilines is 1. The molecule has 1 aliphatic heterocycles. The molecule has 1 aromatic carbocycles. The van der Waals surface area contributed by atoms with Gasteiger partial charge in [-0.25, -0.2) is 14.8 Å². The van der Waals surface area contributed by atoms with Crippen LogP contribution < -0.4 is 10.1 Å². The molecule has 3 heterocycles. The molecule has 4 rings (SSSR count). The van der Waals surface area contributed by atoms with Crippen molar-refractivity contribution in [2.24, 2.45) is 0 Å². The van der Waals surface area contributed by atoms with E-state index in [2.05, 4.69) is 49.4 Å². The van der Waals surface area contributed by atoms with E-state index in [0.29, 0.717) is 34.4 Å². The number of methoxy groups -OCH3 is 1. The maximum absolute atomic E-state index is 12.6. The average Bonchev–Trinajstić information content (AvgIpc) is 3.11. The van der Waals surface area contributed by atoms with Gasteiger partial charge in [-0.1, -0.05) is 41.7 Å². The van der Waals surface area contributed by atoms with Crippen molar-refractivity contribution >= 4 is 32.8 Å². The van der Waals surface area contributed by atoms with Crippen molar-refractivity contribution < 1.29 is 9.53 Å². The molecule has 1 N–H and O–H groups in total. The van der Waals surface area contributed by atoms with Gasteiger partial charge in [0.05, 0.1) is 7.11 Å². The first-order chi connectivity index (χ1) is 13.2. The number of ether oxygens (including phenoxy) is 1. The SMILES string of the molecule is COc1ncnc2sc(NC(=O)N3CCN(Cc4ccccc4)CC3)nc12. The van der Waals surface area contributed by atoms with E-state index in [-0.39, 0.29) is 6.03 Å². The second kappa shape index (κ2) is 7.85. The van der Waals surface area contributed by atoms with Gasteiger partial charge in [0.15, 0.2) is 15.5 Å². The molecule has 0 bridgehead atoms. The zero-order chi connectivity index (χ0) is 18.6. The fraction of sp³-hybridized carbons (Fsp3) is 0.333. The summed E-state index contributed by atoms with van der Waals surface area (Å²) in [5.41, 5.74) is 1.85. The van der Waals surface area contributed by atoms with Gasteiger partial charge < -0.3 is 9.64 Å². The Hall–Kier alpha value is -2.78. The van der Waals surface area contributed by atoms with E-state index in [9.17, 15) is 4.79 Å². The van der Waals surface area contributed by atoms with Crippen LogP contribution in [0, 0.1) is 0 Å². The van der Waals surface area contributed by atoms with Crippen LogP contribution in [0.4, 0.5) is 9.93 Å². The molecule has 3 aromatic rings. The van der Waals surface area contributed by atoms with Gasteiger partial charge in [0, 0.05) is 32.7 Å². The number of hydrogen-bond acceptors (Lipinski definition) is 7. The number of nitrogens with one attached hydrogen (secondary N) is 1. The van der Waals surface area contributed by atoms with Gasteiger partial charge in [-0.05, 0) is 5.56 Å². The molecule has 0 radical (unpaired) electrons. The smallest absolute Gasteiger partial charge is 0.323 e. The number of carbonyl (C=O) groups excluding carboxylic acids is 1. The van der Waals surface area contributed by atoms with Gasteiger partial charge in [0.2, 0.25) is 5.88 Å². The van der Waals surface area contributed by atoms with Crippen LogP contribution in [0.1, 0.15) is 5.56 Å². The lowest BCUT2D eigenvalue weighted by atomic mass is 10.2. The third-order valence-corrected chi connectivity index (χ3v) is 5.36. The van der Waals surface area contributed by atoms with Gasteiger partial charge >= 0.3 is 6.03 Å². The van der Waals surface area contributed by atoms with Crippen molar-refractivity contribution in [3.63, 3.8) is 0 Å². The predicted octanol–water partition coefficient (Wildman–Crippen LogP) is 2.44. The van der Waals surface area contributed by atoms with Gasteiger partial charge in [0.1, 0.15) is 6.33 Å². The Balaban J connectivity index is 1.34. The Labute approximate surface area is 160 Å². The molecule has 2 amide bonds. The minimum Gasteiger partial charge on any atom is -0.479 e. The Morgan fingerprint density at radius 3 is 2.70 bits per heavy atom. The van der Waals surface area contributed by atoms with E-state index in [0.717, 1.165) is 19.6 Å². The molecule has 0 unspecified atom stereocenters. The van der Waals surface area contributed by atoms with Crippen LogP contribution in [-0.2, 0) is 6.54 Å². The fourth-order valence-electron chi connectivity index (χ4n) is 3.06. The monoisotopic (exact) mass is 384 g/mol. The van der Waals surface area contributed by atoms with Crippen LogP contribution in [0.25, 0.3) is 10.3 Å². The highest BCUT2D eigenvalue weighted by molar-refractivity contribution is 7.22. The number of benzene rings is 1. The van der Waals surface area contributed by atoms with Crippen LogP contribution in [0.5, 0.6) is 5.88 Å². The topological polar surface area (TPSA) is 83.5 Å². The zero-order valence-electron chi connectivity index (χ0n) is 15.0. The molecular weight excluding hydrogens is 364 g/mol. The zero-order valence-corrected chi connectivity index (χ0v) is 15.8. The van der Waals surface area contributed by atoms with E-state index in [1.54, 1.807) is 0 Å². The first kappa shape index (κ1) is 17.6. The summed E-state index contributed by atoms with van der Waals surface area (Å²) in [6.07, 6.45) is 1.43. The molecule has 1 fully saturated rings. The van der Waals surface area contributed by atoms with E-state index in [1.807, 2.05) is 11.0 Å². The van der Waals surface area contributed by atoms with Crippen molar-refractivity contribution in [1.82, 2.24) is 24.8 Å². The molecule has 8 nitrogen and oxygen atoms in total. The summed E-state index contributed by atoms with van der Waals surface area (Å²) in [6, 6.07) is 10.2. The number of thiazole rings is 1. The van der Waals surface area contributed by atoms with Gasteiger partial charge in [0.25, 0.3) is 0 Å². The highest BCUT2D eigenvalue weighted by Crippen LogP contribution is 2.28. The molecule has 27 heavy (non-hydrogen) atoms. The quantitative estimate of drug-likeness (QED) is 0.744. The van der Waals surface area contributed by atoms with Gasteiger partial charge in [-0.2, -0.15) is 4.98 Å². The second-order valence-electron chi connectivity index (χ2n) is 6.23. The van der Waals surface area contributed by atoms with Crippen molar-refractivity contribution in [3.05, 3.63) is 42.2 Å². The number of amides is 2. The molecule has 0 spiro atoms. The largest absolute Gasteiger partial charge is 0.479 e. The molecule has 140 valence electrons. The van der Waals surface area contributed by atoms with E-state index in [4.69, 9.17) is 4.74 Å². The second-order valence-corrected chi connectivity index (χ2v) is 7.21. The molecule has 0 aliphatic carbocycles. The van der Waals surface area contributed by atoms with Gasteiger partial charge in [-0.15, -0.1) is 0 Å². The van der Waals surface area contributed by atoms with Crippen molar-refractivity contribution in [2.75, 3.05) is 38.6 Å². The summed E-state index contributed by atoms with van der Waals surface area (Å²) in [4.78, 5) is 30.0. The lowest BCUT2D eigenvalue weighted by Crippen LogP contribution is -2.49. The Morgan fingerprint density at radius 1 is 1.19 bits per heavy atom. The summed E-state index contributed by atoms with van der Waals surface area (Å²) >= 11 is 1.31. The minimum atomic E-state index is -0.139. The summed E-state index contributed by atoms with van der Waals surface area (Å²) in [5, 5.41) is 3.37. The predicted molar refractivity (Wildman–Crippen MR) is 104 cm³/mol. The Kier molecular flexibility index (Phi) is 5.12. The number of aromatic nitrogens is 3. The molecule has 2 aromatic heterocycles. The average molecular weight is 384 g/mol. The fourth-order valence-corrected chi connectivity index (χ4v) is 3.85. The number of rotatable bonds is 4. The molecule has 0 saturated carbocycles. The lowest BCUT2D eigenvalue weighted by molar-refractivity contribution is 0.143. The maximum Gasteiger partial charge on any atom is 0.323 e. The number of piperazine rings is 1. The Morgan fingerprint density at radius 2 is 1.96 bits per heavy atom. The number of fused-ring (bicyclic) bond motifs is 1. The number of nitrogens with zero attached hydrogens (tertiary/aromatic N) is 5. The van der Waals surface area contributed by atoms with Gasteiger partial charge in [-0.3, -0.25) is 10.2 Å². The summed E-state index contributed by atoms with van der Waals surface area (Å²) in [6.45, 7) is 3.98. The highest BCUT2D eigenvalue weighted by atomic mass is 32.1. The maximum atomic E-state index is 12.6. The van der Waals surface area contributed by atoms with Crippen LogP contribution >= 0.6 is 11.3 Å². The molecule has 9 heteroatoms. The summed E-state index contributed by atoms with van der Waals surface area (Å²) in [5.74, 6) is 0.409. The molecule has 0 atom stereocenters. The third-order valence-electron chi connectivity index (χ3n) is 4.48. The third kappa shape index (κ3) is 3.99. The number of carbonyl (C=O) groups is 1. The highest BCUT2D eigenvalue weighted by Gasteiger charge is 2.22. The van der Waals surface area contributed by atoms with Crippen molar-refractivity contribution in [1.29, 1.82) is 0 Å². The standard InChI is InChI=1S/C18H20N6O2S/c1-26-15-14-16(20-12-19-15)27-17(21-14)22-18(25)24-9-7-23(8-10-24)11-13-5-3-2-4-6-13/h2-6,12H,7-11H2,1H3,(H,21,22,25). The molecule has 1 saturated heterocycles. The Bertz CT molecular complexity index is 924. The molecule has 1 aliphatic rings.